The second kappa shape index (κ2) is 13.3. The summed E-state index contributed by atoms with van der Waals surface area (Å²) in [6, 6.07) is 19.7. The summed E-state index contributed by atoms with van der Waals surface area (Å²) in [7, 11) is 0. The summed E-state index contributed by atoms with van der Waals surface area (Å²) < 4.78 is 29.8. The largest absolute Gasteiger partial charge is 0.490 e. The van der Waals surface area contributed by atoms with Crippen LogP contribution in [0.3, 0.4) is 0 Å². The molecule has 1 fully saturated rings. The van der Waals surface area contributed by atoms with Crippen molar-refractivity contribution >= 4 is 35.7 Å². The predicted molar refractivity (Wildman–Crippen MR) is 153 cm³/mol. The Kier molecular flexibility index (Phi) is 8.91. The van der Waals surface area contributed by atoms with Crippen LogP contribution in [0.25, 0.3) is 0 Å². The van der Waals surface area contributed by atoms with Crippen LogP contribution in [0.2, 0.25) is 0 Å². The number of nitrogens with zero attached hydrogens (tertiary/aromatic N) is 5. The number of ether oxygens (including phenoxy) is 3. The van der Waals surface area contributed by atoms with Gasteiger partial charge in [0.1, 0.15) is 5.82 Å². The molecule has 2 N–H and O–H groups in total. The van der Waals surface area contributed by atoms with Gasteiger partial charge in [-0.2, -0.15) is 20.1 Å². The van der Waals surface area contributed by atoms with Crippen LogP contribution in [-0.2, 0) is 4.74 Å². The Morgan fingerprint density at radius 1 is 1.00 bits per heavy atom. The SMILES string of the molecule is CCOc1cc(C=NNc2nc(Nc3ccccc3)nc(N3CCOCC3)n2)ccc1OC(=O)c1ccc(F)cc1. The minimum Gasteiger partial charge on any atom is -0.490 e. The van der Waals surface area contributed by atoms with Gasteiger partial charge in [-0.1, -0.05) is 18.2 Å². The molecule has 0 bridgehead atoms. The molecular formula is C29H28FN7O4. The van der Waals surface area contributed by atoms with E-state index in [2.05, 4.69) is 30.8 Å². The van der Waals surface area contributed by atoms with E-state index in [-0.39, 0.29) is 17.3 Å². The number of aromatic nitrogens is 3. The van der Waals surface area contributed by atoms with Gasteiger partial charge in [-0.3, -0.25) is 0 Å². The van der Waals surface area contributed by atoms with Crippen molar-refractivity contribution in [3.05, 3.63) is 89.7 Å². The van der Waals surface area contributed by atoms with Gasteiger partial charge in [0.05, 0.1) is 31.6 Å². The highest BCUT2D eigenvalue weighted by atomic mass is 19.1. The molecule has 11 nitrogen and oxygen atoms in total. The van der Waals surface area contributed by atoms with Crippen molar-refractivity contribution in [1.29, 1.82) is 0 Å². The Labute approximate surface area is 236 Å². The summed E-state index contributed by atoms with van der Waals surface area (Å²) in [5.41, 5.74) is 4.61. The number of carbonyl (C=O) groups excluding carboxylic acids is 1. The third-order valence-corrected chi connectivity index (χ3v) is 5.88. The summed E-state index contributed by atoms with van der Waals surface area (Å²) in [5.74, 6) is 0.658. The van der Waals surface area contributed by atoms with Gasteiger partial charge in [0.25, 0.3) is 0 Å². The number of hydrogen-bond donors (Lipinski definition) is 2. The van der Waals surface area contributed by atoms with Gasteiger partial charge in [0, 0.05) is 18.8 Å². The number of halogens is 1. The van der Waals surface area contributed by atoms with E-state index in [4.69, 9.17) is 14.2 Å². The number of benzene rings is 3. The second-order valence-corrected chi connectivity index (χ2v) is 8.78. The van der Waals surface area contributed by atoms with Crippen LogP contribution < -0.4 is 25.1 Å². The summed E-state index contributed by atoms with van der Waals surface area (Å²) in [5, 5.41) is 7.50. The lowest BCUT2D eigenvalue weighted by molar-refractivity contribution is 0.0728. The van der Waals surface area contributed by atoms with E-state index in [0.717, 1.165) is 5.69 Å². The van der Waals surface area contributed by atoms with E-state index in [9.17, 15) is 9.18 Å². The van der Waals surface area contributed by atoms with E-state index in [1.54, 1.807) is 24.4 Å². The Balaban J connectivity index is 1.32. The average Bonchev–Trinajstić information content (AvgIpc) is 3.00. The van der Waals surface area contributed by atoms with Crippen molar-refractivity contribution in [3.63, 3.8) is 0 Å². The van der Waals surface area contributed by atoms with Gasteiger partial charge in [0.2, 0.25) is 17.8 Å². The molecule has 2 heterocycles. The first-order valence-corrected chi connectivity index (χ1v) is 13.0. The molecule has 0 atom stereocenters. The van der Waals surface area contributed by atoms with E-state index < -0.39 is 11.8 Å². The van der Waals surface area contributed by atoms with Crippen molar-refractivity contribution in [2.75, 3.05) is 48.6 Å². The Morgan fingerprint density at radius 3 is 2.51 bits per heavy atom. The highest BCUT2D eigenvalue weighted by Gasteiger charge is 2.17. The molecule has 0 aliphatic carbocycles. The average molecular weight is 558 g/mol. The smallest absolute Gasteiger partial charge is 0.343 e. The molecule has 3 aromatic carbocycles. The minimum atomic E-state index is -0.625. The fourth-order valence-electron chi connectivity index (χ4n) is 3.89. The molecule has 0 saturated carbocycles. The number of carbonyl (C=O) groups is 1. The standard InChI is InChI=1S/C29H28FN7O4/c1-2-40-25-18-20(8-13-24(25)41-26(38)21-9-11-22(30)12-10-21)19-31-36-28-33-27(32-23-6-4-3-5-7-23)34-29(35-28)37-14-16-39-17-15-37/h3-13,18-19H,2,14-17H2,1H3,(H2,32,33,34,35,36). The van der Waals surface area contributed by atoms with Crippen molar-refractivity contribution in [1.82, 2.24) is 15.0 Å². The lowest BCUT2D eigenvalue weighted by atomic mass is 10.2. The van der Waals surface area contributed by atoms with Gasteiger partial charge in [-0.15, -0.1) is 0 Å². The number of nitrogens with one attached hydrogen (secondary N) is 2. The highest BCUT2D eigenvalue weighted by Crippen LogP contribution is 2.29. The van der Waals surface area contributed by atoms with Crippen LogP contribution in [0.1, 0.15) is 22.8 Å². The molecule has 0 amide bonds. The zero-order valence-electron chi connectivity index (χ0n) is 22.3. The number of para-hydroxylation sites is 1. The minimum absolute atomic E-state index is 0.221. The number of morpholine rings is 1. The maximum absolute atomic E-state index is 13.2. The number of anilines is 4. The molecular weight excluding hydrogens is 529 g/mol. The molecule has 0 spiro atoms. The molecule has 1 aliphatic rings. The first-order valence-electron chi connectivity index (χ1n) is 13.0. The lowest BCUT2D eigenvalue weighted by Crippen LogP contribution is -2.37. The first-order chi connectivity index (χ1) is 20.1. The monoisotopic (exact) mass is 557 g/mol. The molecule has 5 rings (SSSR count). The van der Waals surface area contributed by atoms with Gasteiger partial charge in [0.15, 0.2) is 11.5 Å². The molecule has 210 valence electrons. The first kappa shape index (κ1) is 27.5. The van der Waals surface area contributed by atoms with E-state index in [1.165, 1.54) is 24.3 Å². The molecule has 4 aromatic rings. The van der Waals surface area contributed by atoms with Crippen molar-refractivity contribution in [3.8, 4) is 11.5 Å². The van der Waals surface area contributed by atoms with Gasteiger partial charge < -0.3 is 24.4 Å². The van der Waals surface area contributed by atoms with Crippen molar-refractivity contribution < 1.29 is 23.4 Å². The van der Waals surface area contributed by atoms with Crippen LogP contribution in [0.4, 0.5) is 27.9 Å². The maximum Gasteiger partial charge on any atom is 0.343 e. The maximum atomic E-state index is 13.2. The molecule has 0 radical (unpaired) electrons. The summed E-state index contributed by atoms with van der Waals surface area (Å²) >= 11 is 0. The highest BCUT2D eigenvalue weighted by molar-refractivity contribution is 5.91. The van der Waals surface area contributed by atoms with Crippen LogP contribution in [-0.4, -0.2) is 60.0 Å². The number of rotatable bonds is 10. The molecule has 12 heteroatoms. The molecule has 1 saturated heterocycles. The van der Waals surface area contributed by atoms with Crippen LogP contribution in [0.15, 0.2) is 77.9 Å². The van der Waals surface area contributed by atoms with Gasteiger partial charge >= 0.3 is 5.97 Å². The Hall–Kier alpha value is -5.10. The quantitative estimate of drug-likeness (QED) is 0.123. The zero-order valence-corrected chi connectivity index (χ0v) is 22.3. The summed E-state index contributed by atoms with van der Waals surface area (Å²) in [6.07, 6.45) is 1.57. The van der Waals surface area contributed by atoms with E-state index in [0.29, 0.717) is 56.1 Å². The number of esters is 1. The second-order valence-electron chi connectivity index (χ2n) is 8.78. The van der Waals surface area contributed by atoms with Crippen LogP contribution >= 0.6 is 0 Å². The van der Waals surface area contributed by atoms with Gasteiger partial charge in [-0.25, -0.2) is 14.6 Å². The molecule has 41 heavy (non-hydrogen) atoms. The third-order valence-electron chi connectivity index (χ3n) is 5.88. The van der Waals surface area contributed by atoms with E-state index in [1.807, 2.05) is 42.2 Å². The lowest BCUT2D eigenvalue weighted by Gasteiger charge is -2.27. The van der Waals surface area contributed by atoms with Crippen LogP contribution in [0, 0.1) is 5.82 Å². The predicted octanol–water partition coefficient (Wildman–Crippen LogP) is 4.65. The molecule has 0 unspecified atom stereocenters. The zero-order chi connectivity index (χ0) is 28.4. The summed E-state index contributed by atoms with van der Waals surface area (Å²) in [6.45, 7) is 4.68. The number of hydrazone groups is 1. The van der Waals surface area contributed by atoms with Crippen molar-refractivity contribution in [2.24, 2.45) is 5.10 Å². The fourth-order valence-corrected chi connectivity index (χ4v) is 3.89. The van der Waals surface area contributed by atoms with Crippen molar-refractivity contribution in [2.45, 2.75) is 6.92 Å². The molecule has 1 aliphatic heterocycles. The Bertz CT molecular complexity index is 1500. The Morgan fingerprint density at radius 2 is 1.76 bits per heavy atom. The molecule has 1 aromatic heterocycles. The fraction of sp³-hybridized carbons (Fsp3) is 0.207. The normalized spacial score (nSPS) is 13.2. The topological polar surface area (TPSA) is 123 Å². The van der Waals surface area contributed by atoms with Gasteiger partial charge in [-0.05, 0) is 67.1 Å². The van der Waals surface area contributed by atoms with E-state index >= 15 is 0 Å². The number of hydrogen-bond acceptors (Lipinski definition) is 11. The summed E-state index contributed by atoms with van der Waals surface area (Å²) in [4.78, 5) is 28.1. The third kappa shape index (κ3) is 7.51. The van der Waals surface area contributed by atoms with Crippen LogP contribution in [0.5, 0.6) is 11.5 Å².